The highest BCUT2D eigenvalue weighted by molar-refractivity contribution is 9.11. The SMILES string of the molecule is CC(CCCO)NC(=O)COc1ccc(Br)cc1Br. The van der Waals surface area contributed by atoms with Crippen molar-refractivity contribution in [1.29, 1.82) is 0 Å². The monoisotopic (exact) mass is 393 g/mol. The Morgan fingerprint density at radius 2 is 2.21 bits per heavy atom. The molecule has 0 aromatic heterocycles. The molecular weight excluding hydrogens is 378 g/mol. The van der Waals surface area contributed by atoms with Crippen molar-refractivity contribution >= 4 is 37.8 Å². The number of benzene rings is 1. The molecule has 1 rings (SSSR count). The first-order valence-corrected chi connectivity index (χ1v) is 7.59. The molecule has 6 heteroatoms. The lowest BCUT2D eigenvalue weighted by molar-refractivity contribution is -0.123. The van der Waals surface area contributed by atoms with Crippen LogP contribution in [0.25, 0.3) is 0 Å². The maximum absolute atomic E-state index is 11.6. The van der Waals surface area contributed by atoms with Crippen molar-refractivity contribution in [3.8, 4) is 5.75 Å². The fraction of sp³-hybridized carbons (Fsp3) is 0.462. The van der Waals surface area contributed by atoms with Crippen LogP contribution in [0.2, 0.25) is 0 Å². The molecular formula is C13H17Br2NO3. The van der Waals surface area contributed by atoms with Gasteiger partial charge in [0.25, 0.3) is 5.91 Å². The summed E-state index contributed by atoms with van der Waals surface area (Å²) in [6, 6.07) is 5.53. The summed E-state index contributed by atoms with van der Waals surface area (Å²) in [7, 11) is 0. The molecule has 0 heterocycles. The molecule has 2 N–H and O–H groups in total. The lowest BCUT2D eigenvalue weighted by atomic mass is 10.2. The molecule has 1 aromatic carbocycles. The predicted molar refractivity (Wildman–Crippen MR) is 81.3 cm³/mol. The van der Waals surface area contributed by atoms with Crippen molar-refractivity contribution in [2.24, 2.45) is 0 Å². The standard InChI is InChI=1S/C13H17Br2NO3/c1-9(3-2-6-17)16-13(18)8-19-12-5-4-10(14)7-11(12)15/h4-5,7,9,17H,2-3,6,8H2,1H3,(H,16,18). The molecule has 0 aliphatic carbocycles. The van der Waals surface area contributed by atoms with Crippen LogP contribution in [0.3, 0.4) is 0 Å². The van der Waals surface area contributed by atoms with Crippen LogP contribution in [0, 0.1) is 0 Å². The van der Waals surface area contributed by atoms with Crippen LogP contribution in [-0.2, 0) is 4.79 Å². The van der Waals surface area contributed by atoms with Gasteiger partial charge in [-0.25, -0.2) is 0 Å². The minimum absolute atomic E-state index is 0.0241. The minimum atomic E-state index is -0.166. The Morgan fingerprint density at radius 3 is 2.84 bits per heavy atom. The summed E-state index contributed by atoms with van der Waals surface area (Å²) >= 11 is 6.72. The number of aliphatic hydroxyl groups is 1. The normalized spacial score (nSPS) is 12.0. The van der Waals surface area contributed by atoms with E-state index >= 15 is 0 Å². The average Bonchev–Trinajstić information content (AvgIpc) is 2.35. The number of halogens is 2. The molecule has 19 heavy (non-hydrogen) atoms. The van der Waals surface area contributed by atoms with Crippen LogP contribution in [0.15, 0.2) is 27.1 Å². The lowest BCUT2D eigenvalue weighted by Crippen LogP contribution is -2.36. The molecule has 0 bridgehead atoms. The van der Waals surface area contributed by atoms with Crippen molar-refractivity contribution in [2.45, 2.75) is 25.8 Å². The summed E-state index contributed by atoms with van der Waals surface area (Å²) in [4.78, 5) is 11.6. The number of nitrogens with one attached hydrogen (secondary N) is 1. The summed E-state index contributed by atoms with van der Waals surface area (Å²) < 4.78 is 7.16. The van der Waals surface area contributed by atoms with Gasteiger partial charge in [0.15, 0.2) is 6.61 Å². The van der Waals surface area contributed by atoms with Gasteiger partial charge in [0, 0.05) is 17.1 Å². The van der Waals surface area contributed by atoms with Crippen molar-refractivity contribution in [1.82, 2.24) is 5.32 Å². The van der Waals surface area contributed by atoms with E-state index in [1.54, 1.807) is 6.07 Å². The van der Waals surface area contributed by atoms with Crippen molar-refractivity contribution in [3.05, 3.63) is 27.1 Å². The second kappa shape index (κ2) is 8.55. The van der Waals surface area contributed by atoms with Gasteiger partial charge in [0.05, 0.1) is 4.47 Å². The van der Waals surface area contributed by atoms with E-state index in [1.165, 1.54) is 0 Å². The number of hydrogen-bond acceptors (Lipinski definition) is 3. The molecule has 0 saturated carbocycles. The molecule has 106 valence electrons. The number of hydrogen-bond donors (Lipinski definition) is 2. The highest BCUT2D eigenvalue weighted by Crippen LogP contribution is 2.28. The largest absolute Gasteiger partial charge is 0.483 e. The zero-order valence-corrected chi connectivity index (χ0v) is 13.8. The molecule has 0 aliphatic rings. The molecule has 1 aromatic rings. The maximum atomic E-state index is 11.6. The van der Waals surface area contributed by atoms with Gasteiger partial charge in [0.2, 0.25) is 0 Å². The van der Waals surface area contributed by atoms with E-state index in [9.17, 15) is 4.79 Å². The van der Waals surface area contributed by atoms with Gasteiger partial charge < -0.3 is 15.2 Å². The van der Waals surface area contributed by atoms with E-state index in [-0.39, 0.29) is 25.2 Å². The lowest BCUT2D eigenvalue weighted by Gasteiger charge is -2.14. The van der Waals surface area contributed by atoms with E-state index in [0.717, 1.165) is 15.4 Å². The predicted octanol–water partition coefficient (Wildman–Crippen LogP) is 2.87. The van der Waals surface area contributed by atoms with Crippen molar-refractivity contribution in [2.75, 3.05) is 13.2 Å². The van der Waals surface area contributed by atoms with E-state index in [1.807, 2.05) is 19.1 Å². The van der Waals surface area contributed by atoms with Crippen LogP contribution in [0.1, 0.15) is 19.8 Å². The minimum Gasteiger partial charge on any atom is -0.483 e. The molecule has 1 amide bonds. The highest BCUT2D eigenvalue weighted by Gasteiger charge is 2.09. The summed E-state index contributed by atoms with van der Waals surface area (Å²) in [5.74, 6) is 0.460. The van der Waals surface area contributed by atoms with Gasteiger partial charge in [-0.15, -0.1) is 0 Å². The summed E-state index contributed by atoms with van der Waals surface area (Å²) in [5, 5.41) is 11.5. The van der Waals surface area contributed by atoms with Gasteiger partial charge in [0.1, 0.15) is 5.75 Å². The number of ether oxygens (including phenoxy) is 1. The first-order chi connectivity index (χ1) is 9.02. The second-order valence-electron chi connectivity index (χ2n) is 4.20. The van der Waals surface area contributed by atoms with Crippen LogP contribution in [-0.4, -0.2) is 30.3 Å². The number of carbonyl (C=O) groups is 1. The van der Waals surface area contributed by atoms with Crippen molar-refractivity contribution in [3.63, 3.8) is 0 Å². The fourth-order valence-electron chi connectivity index (χ4n) is 1.52. The first-order valence-electron chi connectivity index (χ1n) is 6.01. The van der Waals surface area contributed by atoms with E-state index in [0.29, 0.717) is 12.2 Å². The maximum Gasteiger partial charge on any atom is 0.258 e. The zero-order valence-electron chi connectivity index (χ0n) is 10.7. The highest BCUT2D eigenvalue weighted by atomic mass is 79.9. The Labute approximate surface area is 129 Å². The van der Waals surface area contributed by atoms with Crippen LogP contribution < -0.4 is 10.1 Å². The van der Waals surface area contributed by atoms with Crippen molar-refractivity contribution < 1.29 is 14.6 Å². The third-order valence-electron chi connectivity index (χ3n) is 2.46. The Bertz CT molecular complexity index is 426. The topological polar surface area (TPSA) is 58.6 Å². The summed E-state index contributed by atoms with van der Waals surface area (Å²) in [6.07, 6.45) is 1.44. The molecule has 1 atom stereocenters. The van der Waals surface area contributed by atoms with Gasteiger partial charge >= 0.3 is 0 Å². The van der Waals surface area contributed by atoms with E-state index in [2.05, 4.69) is 37.2 Å². The van der Waals surface area contributed by atoms with Gasteiger partial charge in [-0.2, -0.15) is 0 Å². The summed E-state index contributed by atoms with van der Waals surface area (Å²) in [5.41, 5.74) is 0. The Hall–Kier alpha value is -0.590. The van der Waals surface area contributed by atoms with E-state index in [4.69, 9.17) is 9.84 Å². The molecule has 0 radical (unpaired) electrons. The Morgan fingerprint density at radius 1 is 1.47 bits per heavy atom. The Kier molecular flexibility index (Phi) is 7.41. The van der Waals surface area contributed by atoms with Gasteiger partial charge in [-0.05, 0) is 53.9 Å². The zero-order chi connectivity index (χ0) is 14.3. The third kappa shape index (κ3) is 6.40. The smallest absolute Gasteiger partial charge is 0.258 e. The fourth-order valence-corrected chi connectivity index (χ4v) is 2.68. The van der Waals surface area contributed by atoms with Crippen LogP contribution in [0.5, 0.6) is 5.75 Å². The van der Waals surface area contributed by atoms with E-state index < -0.39 is 0 Å². The average molecular weight is 395 g/mol. The number of carbonyl (C=O) groups excluding carboxylic acids is 1. The number of amides is 1. The van der Waals surface area contributed by atoms with Crippen LogP contribution >= 0.6 is 31.9 Å². The summed E-state index contributed by atoms with van der Waals surface area (Å²) in [6.45, 7) is 2.02. The third-order valence-corrected chi connectivity index (χ3v) is 3.57. The molecule has 0 fully saturated rings. The first kappa shape index (κ1) is 16.5. The van der Waals surface area contributed by atoms with Crippen LogP contribution in [0.4, 0.5) is 0 Å². The quantitative estimate of drug-likeness (QED) is 0.747. The number of aliphatic hydroxyl groups excluding tert-OH is 1. The Balaban J connectivity index is 2.37. The molecule has 0 spiro atoms. The molecule has 1 unspecified atom stereocenters. The number of rotatable bonds is 7. The second-order valence-corrected chi connectivity index (χ2v) is 5.97. The van der Waals surface area contributed by atoms with Gasteiger partial charge in [-0.1, -0.05) is 15.9 Å². The van der Waals surface area contributed by atoms with Gasteiger partial charge in [-0.3, -0.25) is 4.79 Å². The molecule has 0 saturated heterocycles. The molecule has 4 nitrogen and oxygen atoms in total. The molecule has 0 aliphatic heterocycles.